The standard InChI is InChI=1S/C22H22N4OS/c28-22-25(16-24-13-7-2-8-14-24)23-21(26(22)18-10-3-1-4-11-18)20-15-17-9-5-6-12-19(17)27-20/h1,3-6,9-12,15H,2,7-8,13-14,16H2. The molecule has 3 heterocycles. The van der Waals surface area contributed by atoms with E-state index in [0.717, 1.165) is 41.3 Å². The summed E-state index contributed by atoms with van der Waals surface area (Å²) in [4.78, 5) is 2.42. The summed E-state index contributed by atoms with van der Waals surface area (Å²) in [6.07, 6.45) is 3.79. The van der Waals surface area contributed by atoms with Crippen molar-refractivity contribution in [2.24, 2.45) is 0 Å². The Morgan fingerprint density at radius 2 is 1.68 bits per heavy atom. The summed E-state index contributed by atoms with van der Waals surface area (Å²) in [5.74, 6) is 1.47. The molecule has 1 fully saturated rings. The van der Waals surface area contributed by atoms with Crippen LogP contribution in [0.25, 0.3) is 28.2 Å². The van der Waals surface area contributed by atoms with Crippen molar-refractivity contribution in [1.29, 1.82) is 0 Å². The average molecular weight is 391 g/mol. The van der Waals surface area contributed by atoms with E-state index in [2.05, 4.69) is 23.1 Å². The smallest absolute Gasteiger partial charge is 0.204 e. The predicted octanol–water partition coefficient (Wildman–Crippen LogP) is 5.26. The number of nitrogens with zero attached hydrogens (tertiary/aromatic N) is 4. The van der Waals surface area contributed by atoms with Crippen molar-refractivity contribution >= 4 is 23.2 Å². The minimum atomic E-state index is 0.687. The Kier molecular flexibility index (Phi) is 4.58. The van der Waals surface area contributed by atoms with Gasteiger partial charge in [0.2, 0.25) is 10.6 Å². The number of fused-ring (bicyclic) bond motifs is 1. The Morgan fingerprint density at radius 3 is 2.46 bits per heavy atom. The third-order valence-electron chi connectivity index (χ3n) is 5.28. The Morgan fingerprint density at radius 1 is 0.929 bits per heavy atom. The van der Waals surface area contributed by atoms with E-state index in [1.54, 1.807) is 0 Å². The molecule has 0 N–H and O–H groups in total. The van der Waals surface area contributed by atoms with E-state index in [1.807, 2.05) is 51.7 Å². The van der Waals surface area contributed by atoms with Gasteiger partial charge in [-0.2, -0.15) is 0 Å². The first kappa shape index (κ1) is 17.4. The number of piperidine rings is 1. The number of hydrogen-bond donors (Lipinski definition) is 0. The van der Waals surface area contributed by atoms with Crippen LogP contribution in [0.3, 0.4) is 0 Å². The fraction of sp³-hybridized carbons (Fsp3) is 0.273. The van der Waals surface area contributed by atoms with Crippen molar-refractivity contribution < 1.29 is 4.42 Å². The Labute approximate surface area is 168 Å². The summed E-state index contributed by atoms with van der Waals surface area (Å²) >= 11 is 5.84. The minimum Gasteiger partial charge on any atom is -0.453 e. The van der Waals surface area contributed by atoms with Gasteiger partial charge in [-0.3, -0.25) is 9.47 Å². The molecule has 0 spiro atoms. The summed E-state index contributed by atoms with van der Waals surface area (Å²) in [5, 5.41) is 5.95. The predicted molar refractivity (Wildman–Crippen MR) is 113 cm³/mol. The molecule has 5 nitrogen and oxygen atoms in total. The molecule has 6 heteroatoms. The SMILES string of the molecule is S=c1n(CN2CCCCC2)nc(-c2cc3ccccc3o2)n1-c1ccccc1. The van der Waals surface area contributed by atoms with Crippen LogP contribution in [0.15, 0.2) is 65.1 Å². The van der Waals surface area contributed by atoms with Gasteiger partial charge in [-0.15, -0.1) is 5.10 Å². The molecule has 0 atom stereocenters. The first-order chi connectivity index (χ1) is 13.8. The minimum absolute atomic E-state index is 0.687. The van der Waals surface area contributed by atoms with Gasteiger partial charge in [-0.25, -0.2) is 4.68 Å². The maximum absolute atomic E-state index is 6.12. The fourth-order valence-corrected chi connectivity index (χ4v) is 4.14. The third kappa shape index (κ3) is 3.19. The molecule has 0 radical (unpaired) electrons. The molecule has 1 saturated heterocycles. The molecule has 0 unspecified atom stereocenters. The number of likely N-dealkylation sites (tertiary alicyclic amines) is 1. The summed E-state index contributed by atoms with van der Waals surface area (Å²) in [6.45, 7) is 2.91. The second-order valence-corrected chi connectivity index (χ2v) is 7.61. The topological polar surface area (TPSA) is 39.1 Å². The Hall–Kier alpha value is -2.70. The van der Waals surface area contributed by atoms with Gasteiger partial charge < -0.3 is 4.42 Å². The molecule has 142 valence electrons. The lowest BCUT2D eigenvalue weighted by Crippen LogP contribution is -2.32. The van der Waals surface area contributed by atoms with Crippen molar-refractivity contribution in [3.05, 3.63) is 65.4 Å². The summed E-state index contributed by atoms with van der Waals surface area (Å²) in [7, 11) is 0. The van der Waals surface area contributed by atoms with E-state index in [9.17, 15) is 0 Å². The van der Waals surface area contributed by atoms with Gasteiger partial charge in [-0.05, 0) is 62.4 Å². The highest BCUT2D eigenvalue weighted by atomic mass is 32.1. The highest BCUT2D eigenvalue weighted by molar-refractivity contribution is 7.71. The lowest BCUT2D eigenvalue weighted by atomic mass is 10.1. The molecule has 5 rings (SSSR count). The number of para-hydroxylation sites is 2. The van der Waals surface area contributed by atoms with Gasteiger partial charge in [0.05, 0.1) is 12.4 Å². The number of hydrogen-bond acceptors (Lipinski definition) is 4. The molecule has 4 aromatic rings. The maximum atomic E-state index is 6.12. The van der Waals surface area contributed by atoms with Crippen LogP contribution in [0.5, 0.6) is 0 Å². The monoisotopic (exact) mass is 390 g/mol. The van der Waals surface area contributed by atoms with Crippen molar-refractivity contribution in [3.8, 4) is 17.3 Å². The molecular formula is C22H22N4OS. The average Bonchev–Trinajstić information content (AvgIpc) is 3.31. The molecule has 28 heavy (non-hydrogen) atoms. The third-order valence-corrected chi connectivity index (χ3v) is 5.68. The van der Waals surface area contributed by atoms with Gasteiger partial charge in [0.15, 0.2) is 5.76 Å². The molecular weight excluding hydrogens is 368 g/mol. The van der Waals surface area contributed by atoms with E-state index < -0.39 is 0 Å². The van der Waals surface area contributed by atoms with E-state index >= 15 is 0 Å². The van der Waals surface area contributed by atoms with Crippen LogP contribution in [0.4, 0.5) is 0 Å². The van der Waals surface area contributed by atoms with Crippen LogP contribution in [0.1, 0.15) is 19.3 Å². The Bertz CT molecular complexity index is 1120. The van der Waals surface area contributed by atoms with Gasteiger partial charge in [0.1, 0.15) is 5.58 Å². The zero-order chi connectivity index (χ0) is 18.9. The number of aromatic nitrogens is 3. The molecule has 1 aliphatic heterocycles. The van der Waals surface area contributed by atoms with Gasteiger partial charge in [0.25, 0.3) is 0 Å². The number of rotatable bonds is 4. The normalized spacial score (nSPS) is 15.3. The molecule has 0 saturated carbocycles. The lowest BCUT2D eigenvalue weighted by Gasteiger charge is -2.25. The Balaban J connectivity index is 1.64. The number of benzene rings is 2. The highest BCUT2D eigenvalue weighted by Crippen LogP contribution is 2.29. The molecule has 2 aromatic carbocycles. The van der Waals surface area contributed by atoms with Crippen LogP contribution < -0.4 is 0 Å². The molecule has 1 aliphatic rings. The summed E-state index contributed by atoms with van der Waals surface area (Å²) in [6, 6.07) is 20.2. The fourth-order valence-electron chi connectivity index (χ4n) is 3.85. The van der Waals surface area contributed by atoms with E-state index in [4.69, 9.17) is 21.7 Å². The lowest BCUT2D eigenvalue weighted by molar-refractivity contribution is 0.172. The van der Waals surface area contributed by atoms with Gasteiger partial charge >= 0.3 is 0 Å². The summed E-state index contributed by atoms with van der Waals surface area (Å²) in [5.41, 5.74) is 1.85. The van der Waals surface area contributed by atoms with Crippen LogP contribution in [0.2, 0.25) is 0 Å². The largest absolute Gasteiger partial charge is 0.453 e. The van der Waals surface area contributed by atoms with E-state index in [0.29, 0.717) is 11.4 Å². The second kappa shape index (κ2) is 7.37. The van der Waals surface area contributed by atoms with Crippen molar-refractivity contribution in [2.45, 2.75) is 25.9 Å². The van der Waals surface area contributed by atoms with Crippen LogP contribution in [-0.2, 0) is 6.67 Å². The first-order valence-corrected chi connectivity index (χ1v) is 10.2. The maximum Gasteiger partial charge on any atom is 0.204 e. The van der Waals surface area contributed by atoms with Crippen LogP contribution in [0, 0.1) is 4.77 Å². The number of furan rings is 1. The van der Waals surface area contributed by atoms with Crippen molar-refractivity contribution in [1.82, 2.24) is 19.2 Å². The molecule has 0 aliphatic carbocycles. The van der Waals surface area contributed by atoms with E-state index in [-0.39, 0.29) is 0 Å². The first-order valence-electron chi connectivity index (χ1n) is 9.76. The van der Waals surface area contributed by atoms with Crippen LogP contribution >= 0.6 is 12.2 Å². The quantitative estimate of drug-likeness (QED) is 0.446. The molecule has 0 bridgehead atoms. The summed E-state index contributed by atoms with van der Waals surface area (Å²) < 4.78 is 10.7. The van der Waals surface area contributed by atoms with Crippen molar-refractivity contribution in [2.75, 3.05) is 13.1 Å². The zero-order valence-electron chi connectivity index (χ0n) is 15.6. The highest BCUT2D eigenvalue weighted by Gasteiger charge is 2.20. The van der Waals surface area contributed by atoms with Crippen LogP contribution in [-0.4, -0.2) is 32.3 Å². The molecule has 0 amide bonds. The van der Waals surface area contributed by atoms with Gasteiger partial charge in [0, 0.05) is 5.39 Å². The molecule has 2 aromatic heterocycles. The van der Waals surface area contributed by atoms with Crippen molar-refractivity contribution in [3.63, 3.8) is 0 Å². The van der Waals surface area contributed by atoms with E-state index in [1.165, 1.54) is 19.3 Å². The second-order valence-electron chi connectivity index (χ2n) is 7.25. The zero-order valence-corrected chi connectivity index (χ0v) is 16.4. The van der Waals surface area contributed by atoms with Gasteiger partial charge in [-0.1, -0.05) is 42.8 Å².